The molecule has 80 valence electrons. The van der Waals surface area contributed by atoms with Gasteiger partial charge in [-0.15, -0.1) is 11.3 Å². The van der Waals surface area contributed by atoms with Crippen molar-refractivity contribution < 1.29 is 5.11 Å². The maximum atomic E-state index is 10.1. The number of hydrogen-bond donors (Lipinski definition) is 1. The molecule has 1 unspecified atom stereocenters. The van der Waals surface area contributed by atoms with E-state index in [1.165, 1.54) is 0 Å². The lowest BCUT2D eigenvalue weighted by atomic mass is 10.2. The van der Waals surface area contributed by atoms with Crippen LogP contribution in [-0.2, 0) is 6.54 Å². The predicted octanol–water partition coefficient (Wildman–Crippen LogP) is 1.75. The Morgan fingerprint density at radius 1 is 1.60 bits per heavy atom. The molecule has 2 aromatic rings. The van der Waals surface area contributed by atoms with Crippen LogP contribution in [0.15, 0.2) is 17.6 Å². The molecule has 0 aliphatic rings. The third-order valence-electron chi connectivity index (χ3n) is 2.25. The largest absolute Gasteiger partial charge is 0.380 e. The molecule has 2 aromatic heterocycles. The molecule has 0 radical (unpaired) electrons. The van der Waals surface area contributed by atoms with Gasteiger partial charge in [0.15, 0.2) is 0 Å². The lowest BCUT2D eigenvalue weighted by Crippen LogP contribution is -2.09. The van der Waals surface area contributed by atoms with Crippen molar-refractivity contribution in [2.24, 2.45) is 0 Å². The third-order valence-corrected chi connectivity index (χ3v) is 3.04. The van der Waals surface area contributed by atoms with Crippen molar-refractivity contribution in [2.75, 3.05) is 0 Å². The van der Waals surface area contributed by atoms with E-state index < -0.39 is 6.10 Å². The monoisotopic (exact) mass is 223 g/mol. The van der Waals surface area contributed by atoms with E-state index in [9.17, 15) is 5.11 Å². The van der Waals surface area contributed by atoms with Crippen molar-refractivity contribution in [3.8, 4) is 0 Å². The zero-order valence-corrected chi connectivity index (χ0v) is 9.53. The zero-order chi connectivity index (χ0) is 10.8. The standard InChI is InChI=1S/C10H13N3OS/c1-3-13-9(4-5-11-13)10(14)8-6-15-7(2)12-8/h4-6,10,14H,3H2,1-2H3. The zero-order valence-electron chi connectivity index (χ0n) is 8.71. The van der Waals surface area contributed by atoms with Crippen molar-refractivity contribution in [1.82, 2.24) is 14.8 Å². The second-order valence-electron chi connectivity index (χ2n) is 3.27. The number of aryl methyl sites for hydroxylation is 2. The number of aliphatic hydroxyl groups excluding tert-OH is 1. The highest BCUT2D eigenvalue weighted by atomic mass is 32.1. The summed E-state index contributed by atoms with van der Waals surface area (Å²) < 4.78 is 1.78. The maximum absolute atomic E-state index is 10.1. The molecular weight excluding hydrogens is 210 g/mol. The first kappa shape index (κ1) is 10.3. The van der Waals surface area contributed by atoms with E-state index in [4.69, 9.17) is 0 Å². The molecule has 0 amide bonds. The average Bonchev–Trinajstić information content (AvgIpc) is 2.84. The highest BCUT2D eigenvalue weighted by Crippen LogP contribution is 2.22. The second kappa shape index (κ2) is 4.12. The summed E-state index contributed by atoms with van der Waals surface area (Å²) in [6.45, 7) is 4.68. The Hall–Kier alpha value is -1.20. The van der Waals surface area contributed by atoms with Gasteiger partial charge in [0.25, 0.3) is 0 Å². The Balaban J connectivity index is 2.31. The summed E-state index contributed by atoms with van der Waals surface area (Å²) in [4.78, 5) is 4.27. The van der Waals surface area contributed by atoms with Gasteiger partial charge in [0.05, 0.1) is 16.4 Å². The Kier molecular flexibility index (Phi) is 2.83. The van der Waals surface area contributed by atoms with Crippen molar-refractivity contribution in [3.05, 3.63) is 34.0 Å². The van der Waals surface area contributed by atoms with Gasteiger partial charge in [-0.2, -0.15) is 5.10 Å². The van der Waals surface area contributed by atoms with Gasteiger partial charge in [-0.25, -0.2) is 4.98 Å². The molecular formula is C10H13N3OS. The molecule has 15 heavy (non-hydrogen) atoms. The molecule has 0 aliphatic carbocycles. The molecule has 2 heterocycles. The minimum Gasteiger partial charge on any atom is -0.380 e. The van der Waals surface area contributed by atoms with E-state index in [1.54, 1.807) is 22.2 Å². The maximum Gasteiger partial charge on any atom is 0.138 e. The van der Waals surface area contributed by atoms with Gasteiger partial charge in [0, 0.05) is 18.1 Å². The molecule has 1 atom stereocenters. The highest BCUT2D eigenvalue weighted by Gasteiger charge is 2.16. The summed E-state index contributed by atoms with van der Waals surface area (Å²) in [6.07, 6.45) is 1.03. The van der Waals surface area contributed by atoms with E-state index in [0.717, 1.165) is 17.2 Å². The van der Waals surface area contributed by atoms with Gasteiger partial charge < -0.3 is 5.11 Å². The molecule has 0 aromatic carbocycles. The van der Waals surface area contributed by atoms with Crippen molar-refractivity contribution in [2.45, 2.75) is 26.5 Å². The van der Waals surface area contributed by atoms with Gasteiger partial charge in [-0.05, 0) is 19.9 Å². The van der Waals surface area contributed by atoms with E-state index in [2.05, 4.69) is 10.1 Å². The molecule has 0 spiro atoms. The fourth-order valence-corrected chi connectivity index (χ4v) is 2.13. The molecule has 0 fully saturated rings. The number of thiazole rings is 1. The highest BCUT2D eigenvalue weighted by molar-refractivity contribution is 7.09. The molecule has 0 saturated heterocycles. The number of aliphatic hydroxyl groups is 1. The summed E-state index contributed by atoms with van der Waals surface area (Å²) in [5, 5.41) is 17.1. The molecule has 5 heteroatoms. The third kappa shape index (κ3) is 1.93. The minimum atomic E-state index is -0.669. The van der Waals surface area contributed by atoms with Crippen LogP contribution in [0, 0.1) is 6.92 Å². The van der Waals surface area contributed by atoms with E-state index in [-0.39, 0.29) is 0 Å². The van der Waals surface area contributed by atoms with Crippen LogP contribution in [0.2, 0.25) is 0 Å². The van der Waals surface area contributed by atoms with Crippen LogP contribution in [0.1, 0.15) is 29.4 Å². The van der Waals surface area contributed by atoms with Gasteiger partial charge >= 0.3 is 0 Å². The van der Waals surface area contributed by atoms with Gasteiger partial charge in [-0.1, -0.05) is 0 Å². The van der Waals surface area contributed by atoms with Crippen LogP contribution < -0.4 is 0 Å². The average molecular weight is 223 g/mol. The first-order valence-corrected chi connectivity index (χ1v) is 5.72. The Morgan fingerprint density at radius 3 is 3.00 bits per heavy atom. The topological polar surface area (TPSA) is 50.9 Å². The number of hydrogen-bond acceptors (Lipinski definition) is 4. The SMILES string of the molecule is CCn1nccc1C(O)c1csc(C)n1. The number of nitrogens with zero attached hydrogens (tertiary/aromatic N) is 3. The molecule has 4 nitrogen and oxygen atoms in total. The fraction of sp³-hybridized carbons (Fsp3) is 0.400. The number of rotatable bonds is 3. The predicted molar refractivity (Wildman–Crippen MR) is 58.8 cm³/mol. The van der Waals surface area contributed by atoms with Crippen molar-refractivity contribution >= 4 is 11.3 Å². The van der Waals surface area contributed by atoms with E-state index >= 15 is 0 Å². The second-order valence-corrected chi connectivity index (χ2v) is 4.33. The Labute approximate surface area is 92.2 Å². The van der Waals surface area contributed by atoms with Crippen LogP contribution in [0.25, 0.3) is 0 Å². The quantitative estimate of drug-likeness (QED) is 0.862. The summed E-state index contributed by atoms with van der Waals surface area (Å²) in [7, 11) is 0. The summed E-state index contributed by atoms with van der Waals surface area (Å²) in [5.74, 6) is 0. The Morgan fingerprint density at radius 2 is 2.40 bits per heavy atom. The van der Waals surface area contributed by atoms with Gasteiger partial charge in [0.1, 0.15) is 6.10 Å². The van der Waals surface area contributed by atoms with Crippen LogP contribution in [-0.4, -0.2) is 19.9 Å². The summed E-state index contributed by atoms with van der Waals surface area (Å²) >= 11 is 1.54. The van der Waals surface area contributed by atoms with E-state index in [0.29, 0.717) is 5.69 Å². The molecule has 1 N–H and O–H groups in total. The Bertz CT molecular complexity index is 449. The fourth-order valence-electron chi connectivity index (χ4n) is 1.50. The summed E-state index contributed by atoms with van der Waals surface area (Å²) in [6, 6.07) is 1.82. The lowest BCUT2D eigenvalue weighted by Gasteiger charge is -2.09. The first-order chi connectivity index (χ1) is 7.22. The van der Waals surface area contributed by atoms with Crippen LogP contribution >= 0.6 is 11.3 Å². The first-order valence-electron chi connectivity index (χ1n) is 4.84. The summed E-state index contributed by atoms with van der Waals surface area (Å²) in [5.41, 5.74) is 1.50. The van der Waals surface area contributed by atoms with Gasteiger partial charge in [-0.3, -0.25) is 4.68 Å². The van der Waals surface area contributed by atoms with Crippen molar-refractivity contribution in [3.63, 3.8) is 0 Å². The van der Waals surface area contributed by atoms with E-state index in [1.807, 2.05) is 25.3 Å². The minimum absolute atomic E-state index is 0.669. The van der Waals surface area contributed by atoms with Gasteiger partial charge in [0.2, 0.25) is 0 Å². The smallest absolute Gasteiger partial charge is 0.138 e. The lowest BCUT2D eigenvalue weighted by molar-refractivity contribution is 0.204. The normalized spacial score (nSPS) is 13.0. The van der Waals surface area contributed by atoms with Crippen molar-refractivity contribution in [1.29, 1.82) is 0 Å². The van der Waals surface area contributed by atoms with Crippen LogP contribution in [0.3, 0.4) is 0 Å². The molecule has 0 saturated carbocycles. The van der Waals surface area contributed by atoms with Crippen LogP contribution in [0.5, 0.6) is 0 Å². The number of aromatic nitrogens is 3. The molecule has 0 aliphatic heterocycles. The molecule has 0 bridgehead atoms. The molecule has 2 rings (SSSR count). The van der Waals surface area contributed by atoms with Crippen LogP contribution in [0.4, 0.5) is 0 Å².